The van der Waals surface area contributed by atoms with Crippen molar-refractivity contribution in [3.63, 3.8) is 0 Å². The summed E-state index contributed by atoms with van der Waals surface area (Å²) >= 11 is 0. The maximum atomic E-state index is 12.7. The summed E-state index contributed by atoms with van der Waals surface area (Å²) in [6, 6.07) is 13.3. The fraction of sp³-hybridized carbons (Fsp3) is 0. The van der Waals surface area contributed by atoms with E-state index in [-0.39, 0.29) is 5.82 Å². The lowest BCUT2D eigenvalue weighted by molar-refractivity contribution is 0.628. The Morgan fingerprint density at radius 3 is 1.88 bits per heavy atom. The third-order valence-electron chi connectivity index (χ3n) is 2.21. The van der Waals surface area contributed by atoms with Gasteiger partial charge in [-0.3, -0.25) is 0 Å². The van der Waals surface area contributed by atoms with Crippen molar-refractivity contribution >= 4 is 5.69 Å². The van der Waals surface area contributed by atoms with Crippen LogP contribution in [0.1, 0.15) is 0 Å². The third-order valence-corrected chi connectivity index (χ3v) is 2.21. The molecule has 0 amide bonds. The topological polar surface area (TPSA) is 48.8 Å². The lowest BCUT2D eigenvalue weighted by Gasteiger charge is -2.01. The van der Waals surface area contributed by atoms with Crippen LogP contribution in [0.3, 0.4) is 0 Å². The molecule has 0 radical (unpaired) electrons. The lowest BCUT2D eigenvalue weighted by atomic mass is 10.1. The minimum absolute atomic E-state index is 0.255. The van der Waals surface area contributed by atoms with Crippen LogP contribution in [0.2, 0.25) is 0 Å². The largest absolute Gasteiger partial charge is 0.207 e. The summed E-state index contributed by atoms with van der Waals surface area (Å²) in [6.07, 6.45) is 0. The second-order valence-corrected chi connectivity index (χ2v) is 3.24. The van der Waals surface area contributed by atoms with Crippen molar-refractivity contribution in [2.75, 3.05) is 0 Å². The fourth-order valence-corrected chi connectivity index (χ4v) is 1.41. The summed E-state index contributed by atoms with van der Waals surface area (Å²) < 4.78 is 12.7. The molecular weight excluding hydrogens is 205 g/mol. The summed E-state index contributed by atoms with van der Waals surface area (Å²) in [4.78, 5) is 2.70. The third kappa shape index (κ3) is 2.19. The van der Waals surface area contributed by atoms with Gasteiger partial charge in [-0.2, -0.15) is 0 Å². The standard InChI is InChI=1S/C12H8FN3/c13-11-5-1-9(2-6-11)10-3-7-12(8-4-10)15-16-14/h1-8H. The monoisotopic (exact) mass is 213 g/mol. The van der Waals surface area contributed by atoms with Crippen LogP contribution in [0, 0.1) is 5.82 Å². The van der Waals surface area contributed by atoms with E-state index < -0.39 is 0 Å². The van der Waals surface area contributed by atoms with Gasteiger partial charge in [-0.1, -0.05) is 41.5 Å². The van der Waals surface area contributed by atoms with E-state index in [9.17, 15) is 4.39 Å². The Morgan fingerprint density at radius 2 is 1.38 bits per heavy atom. The number of azide groups is 1. The van der Waals surface area contributed by atoms with Gasteiger partial charge in [0.25, 0.3) is 0 Å². The van der Waals surface area contributed by atoms with Crippen LogP contribution < -0.4 is 0 Å². The SMILES string of the molecule is [N-]=[N+]=Nc1ccc(-c2ccc(F)cc2)cc1. The number of hydrogen-bond acceptors (Lipinski definition) is 1. The van der Waals surface area contributed by atoms with E-state index in [1.807, 2.05) is 12.1 Å². The summed E-state index contributed by atoms with van der Waals surface area (Å²) in [5.74, 6) is -0.255. The molecule has 0 atom stereocenters. The predicted molar refractivity (Wildman–Crippen MR) is 60.6 cm³/mol. The summed E-state index contributed by atoms with van der Waals surface area (Å²) in [5, 5.41) is 3.48. The fourth-order valence-electron chi connectivity index (χ4n) is 1.41. The molecule has 2 aromatic carbocycles. The average molecular weight is 213 g/mol. The van der Waals surface area contributed by atoms with Crippen LogP contribution >= 0.6 is 0 Å². The van der Waals surface area contributed by atoms with Crippen LogP contribution in [0.25, 0.3) is 21.6 Å². The summed E-state index contributed by atoms with van der Waals surface area (Å²) in [7, 11) is 0. The van der Waals surface area contributed by atoms with Gasteiger partial charge in [-0.05, 0) is 28.8 Å². The molecule has 3 nitrogen and oxygen atoms in total. The van der Waals surface area contributed by atoms with E-state index in [0.717, 1.165) is 11.1 Å². The number of nitrogens with zero attached hydrogens (tertiary/aromatic N) is 3. The molecule has 0 aliphatic heterocycles. The highest BCUT2D eigenvalue weighted by Crippen LogP contribution is 2.22. The Morgan fingerprint density at radius 1 is 0.875 bits per heavy atom. The Kier molecular flexibility index (Phi) is 2.85. The van der Waals surface area contributed by atoms with Gasteiger partial charge in [0.2, 0.25) is 0 Å². The molecule has 4 heteroatoms. The Bertz CT molecular complexity index is 525. The first-order chi connectivity index (χ1) is 7.79. The van der Waals surface area contributed by atoms with E-state index >= 15 is 0 Å². The molecule has 0 spiro atoms. The minimum Gasteiger partial charge on any atom is -0.207 e. The van der Waals surface area contributed by atoms with Crippen LogP contribution in [0.15, 0.2) is 53.6 Å². The van der Waals surface area contributed by atoms with Crippen molar-refractivity contribution in [1.82, 2.24) is 0 Å². The van der Waals surface area contributed by atoms with E-state index in [1.165, 1.54) is 12.1 Å². The van der Waals surface area contributed by atoms with Gasteiger partial charge in [0.1, 0.15) is 5.82 Å². The van der Waals surface area contributed by atoms with Crippen LogP contribution in [0.5, 0.6) is 0 Å². The van der Waals surface area contributed by atoms with Crippen LogP contribution in [-0.2, 0) is 0 Å². The molecule has 0 N–H and O–H groups in total. The van der Waals surface area contributed by atoms with Gasteiger partial charge in [0, 0.05) is 10.6 Å². The van der Waals surface area contributed by atoms with E-state index in [1.54, 1.807) is 24.3 Å². The molecule has 0 aliphatic rings. The normalized spacial score (nSPS) is 9.56. The number of hydrogen-bond donors (Lipinski definition) is 0. The van der Waals surface area contributed by atoms with Crippen molar-refractivity contribution < 1.29 is 4.39 Å². The first-order valence-corrected chi connectivity index (χ1v) is 4.71. The maximum absolute atomic E-state index is 12.7. The highest BCUT2D eigenvalue weighted by Gasteiger charge is 1.97. The molecule has 0 saturated heterocycles. The van der Waals surface area contributed by atoms with Crippen molar-refractivity contribution in [2.45, 2.75) is 0 Å². The van der Waals surface area contributed by atoms with E-state index in [2.05, 4.69) is 10.0 Å². The predicted octanol–water partition coefficient (Wildman–Crippen LogP) is 4.43. The van der Waals surface area contributed by atoms with E-state index in [0.29, 0.717) is 5.69 Å². The number of rotatable bonds is 2. The maximum Gasteiger partial charge on any atom is 0.123 e. The quantitative estimate of drug-likeness (QED) is 0.402. The first-order valence-electron chi connectivity index (χ1n) is 4.71. The van der Waals surface area contributed by atoms with Gasteiger partial charge >= 0.3 is 0 Å². The summed E-state index contributed by atoms with van der Waals surface area (Å²) in [5.41, 5.74) is 10.7. The van der Waals surface area contributed by atoms with Crippen molar-refractivity contribution in [1.29, 1.82) is 0 Å². The molecule has 0 aliphatic carbocycles. The van der Waals surface area contributed by atoms with Gasteiger partial charge in [-0.25, -0.2) is 4.39 Å². The van der Waals surface area contributed by atoms with Crippen LogP contribution in [0.4, 0.5) is 10.1 Å². The van der Waals surface area contributed by atoms with E-state index in [4.69, 9.17) is 5.53 Å². The smallest absolute Gasteiger partial charge is 0.123 e. The zero-order valence-electron chi connectivity index (χ0n) is 8.34. The van der Waals surface area contributed by atoms with Gasteiger partial charge < -0.3 is 0 Å². The molecule has 0 heterocycles. The van der Waals surface area contributed by atoms with Gasteiger partial charge in [-0.15, -0.1) is 0 Å². The van der Waals surface area contributed by atoms with Gasteiger partial charge in [0.05, 0.1) is 0 Å². The number of benzene rings is 2. The Labute approximate surface area is 91.8 Å². The zero-order valence-corrected chi connectivity index (χ0v) is 8.34. The van der Waals surface area contributed by atoms with Crippen molar-refractivity contribution in [2.24, 2.45) is 5.11 Å². The minimum atomic E-state index is -0.255. The molecule has 0 aromatic heterocycles. The average Bonchev–Trinajstić information content (AvgIpc) is 2.32. The molecule has 16 heavy (non-hydrogen) atoms. The Hall–Kier alpha value is -2.32. The second kappa shape index (κ2) is 4.47. The molecule has 2 aromatic rings. The van der Waals surface area contributed by atoms with Crippen molar-refractivity contribution in [3.8, 4) is 11.1 Å². The molecule has 78 valence electrons. The zero-order chi connectivity index (χ0) is 11.4. The molecule has 2 rings (SSSR count). The molecule has 0 bridgehead atoms. The highest BCUT2D eigenvalue weighted by atomic mass is 19.1. The van der Waals surface area contributed by atoms with Gasteiger partial charge in [0.15, 0.2) is 0 Å². The molecule has 0 saturated carbocycles. The highest BCUT2D eigenvalue weighted by molar-refractivity contribution is 5.65. The summed E-state index contributed by atoms with van der Waals surface area (Å²) in [6.45, 7) is 0. The van der Waals surface area contributed by atoms with Crippen molar-refractivity contribution in [3.05, 3.63) is 64.8 Å². The molecule has 0 unspecified atom stereocenters. The lowest BCUT2D eigenvalue weighted by Crippen LogP contribution is -1.78. The number of halogens is 1. The first kappa shape index (κ1) is 10.2. The molecular formula is C12H8FN3. The molecule has 0 fully saturated rings. The second-order valence-electron chi connectivity index (χ2n) is 3.24. The van der Waals surface area contributed by atoms with Crippen LogP contribution in [-0.4, -0.2) is 0 Å². The Balaban J connectivity index is 2.34.